The molecule has 25 heavy (non-hydrogen) atoms. The summed E-state index contributed by atoms with van der Waals surface area (Å²) in [6.07, 6.45) is 6.34. The molecule has 7 nitrogen and oxygen atoms in total. The van der Waals surface area contributed by atoms with Crippen molar-refractivity contribution >= 4 is 28.5 Å². The fourth-order valence-corrected chi connectivity index (χ4v) is 3.38. The van der Waals surface area contributed by atoms with Crippen LogP contribution in [-0.4, -0.2) is 27.8 Å². The molecule has 1 heterocycles. The number of nitrogens with one attached hydrogen (secondary N) is 4. The van der Waals surface area contributed by atoms with Gasteiger partial charge in [-0.15, -0.1) is 0 Å². The van der Waals surface area contributed by atoms with Crippen molar-refractivity contribution in [2.24, 2.45) is 5.92 Å². The predicted octanol–water partition coefficient (Wildman–Crippen LogP) is 2.27. The van der Waals surface area contributed by atoms with Crippen molar-refractivity contribution in [3.05, 3.63) is 28.7 Å². The molecule has 1 aliphatic rings. The Bertz CT molecular complexity index is 817. The Labute approximate surface area is 145 Å². The van der Waals surface area contributed by atoms with Crippen molar-refractivity contribution in [3.8, 4) is 0 Å². The fraction of sp³-hybridized carbons (Fsp3) is 0.500. The molecule has 0 radical (unpaired) electrons. The second-order valence-corrected chi connectivity index (χ2v) is 6.83. The lowest BCUT2D eigenvalue weighted by atomic mass is 9.87. The Morgan fingerprint density at radius 3 is 2.64 bits per heavy atom. The summed E-state index contributed by atoms with van der Waals surface area (Å²) in [5, 5.41) is 5.54. The van der Waals surface area contributed by atoms with Crippen LogP contribution >= 0.6 is 0 Å². The minimum atomic E-state index is -0.614. The second kappa shape index (κ2) is 7.55. The molecule has 2 aromatic rings. The van der Waals surface area contributed by atoms with Crippen LogP contribution in [0.1, 0.15) is 45.4 Å². The molecule has 1 fully saturated rings. The highest BCUT2D eigenvalue weighted by Crippen LogP contribution is 2.26. The number of amides is 2. The Morgan fingerprint density at radius 2 is 1.88 bits per heavy atom. The van der Waals surface area contributed by atoms with E-state index < -0.39 is 6.04 Å². The molecule has 1 aromatic heterocycles. The van der Waals surface area contributed by atoms with Crippen LogP contribution in [0.15, 0.2) is 23.0 Å². The van der Waals surface area contributed by atoms with E-state index in [-0.39, 0.29) is 17.5 Å². The molecule has 0 bridgehead atoms. The van der Waals surface area contributed by atoms with Crippen LogP contribution in [0.2, 0.25) is 0 Å². The molecule has 0 saturated heterocycles. The number of H-pyrrole nitrogens is 2. The lowest BCUT2D eigenvalue weighted by molar-refractivity contribution is -0.126. The highest BCUT2D eigenvalue weighted by Gasteiger charge is 2.20. The van der Waals surface area contributed by atoms with E-state index in [1.807, 2.05) is 0 Å². The number of hydrogen-bond donors (Lipinski definition) is 4. The number of rotatable bonds is 5. The molecule has 1 atom stereocenters. The zero-order chi connectivity index (χ0) is 17.8. The third-order valence-corrected chi connectivity index (χ3v) is 4.75. The first-order chi connectivity index (χ1) is 12.0. The molecule has 2 amide bonds. The first-order valence-electron chi connectivity index (χ1n) is 8.83. The topological polar surface area (TPSA) is 107 Å². The van der Waals surface area contributed by atoms with Gasteiger partial charge in [-0.1, -0.05) is 19.3 Å². The molecule has 1 aromatic carbocycles. The molecule has 0 unspecified atom stereocenters. The van der Waals surface area contributed by atoms with Gasteiger partial charge >= 0.3 is 5.69 Å². The molecule has 1 aliphatic carbocycles. The highest BCUT2D eigenvalue weighted by atomic mass is 16.2. The number of carbonyl (C=O) groups is 2. The number of carbonyl (C=O) groups excluding carboxylic acids is 2. The average Bonchev–Trinajstić information content (AvgIpc) is 2.94. The summed E-state index contributed by atoms with van der Waals surface area (Å²) >= 11 is 0. The van der Waals surface area contributed by atoms with Crippen LogP contribution in [0.25, 0.3) is 11.0 Å². The molecule has 1 saturated carbocycles. The standard InChI is InChI=1S/C18H24N4O3/c1-11(19-16(23)9-12-5-3-2-4-6-12)17(24)20-13-7-8-14-15(10-13)22-18(25)21-14/h7-8,10-12H,2-6,9H2,1H3,(H,19,23)(H,20,24)(H2,21,22,25)/t11-/m1/s1. The fourth-order valence-electron chi connectivity index (χ4n) is 3.38. The van der Waals surface area contributed by atoms with Crippen molar-refractivity contribution in [2.75, 3.05) is 5.32 Å². The van der Waals surface area contributed by atoms with Gasteiger partial charge in [0.1, 0.15) is 6.04 Å². The van der Waals surface area contributed by atoms with E-state index in [2.05, 4.69) is 20.6 Å². The molecule has 0 aliphatic heterocycles. The van der Waals surface area contributed by atoms with Crippen LogP contribution in [0, 0.1) is 5.92 Å². The lowest BCUT2D eigenvalue weighted by Gasteiger charge is -2.22. The van der Waals surface area contributed by atoms with Gasteiger partial charge in [0, 0.05) is 12.1 Å². The third-order valence-electron chi connectivity index (χ3n) is 4.75. The number of aromatic nitrogens is 2. The Balaban J connectivity index is 1.53. The van der Waals surface area contributed by atoms with Gasteiger partial charge in [-0.25, -0.2) is 4.79 Å². The average molecular weight is 344 g/mol. The maximum Gasteiger partial charge on any atom is 0.323 e. The molecule has 134 valence electrons. The van der Waals surface area contributed by atoms with Crippen LogP contribution in [0.4, 0.5) is 5.69 Å². The predicted molar refractivity (Wildman–Crippen MR) is 96.3 cm³/mol. The van der Waals surface area contributed by atoms with Gasteiger partial charge in [-0.05, 0) is 43.9 Å². The van der Waals surface area contributed by atoms with E-state index in [1.165, 1.54) is 19.3 Å². The number of anilines is 1. The second-order valence-electron chi connectivity index (χ2n) is 6.83. The summed E-state index contributed by atoms with van der Waals surface area (Å²) in [7, 11) is 0. The molecule has 0 spiro atoms. The number of aromatic amines is 2. The summed E-state index contributed by atoms with van der Waals surface area (Å²) in [6, 6.07) is 4.49. The summed E-state index contributed by atoms with van der Waals surface area (Å²) in [4.78, 5) is 41.0. The summed E-state index contributed by atoms with van der Waals surface area (Å²) < 4.78 is 0. The minimum absolute atomic E-state index is 0.0695. The van der Waals surface area contributed by atoms with E-state index in [9.17, 15) is 14.4 Å². The van der Waals surface area contributed by atoms with E-state index >= 15 is 0 Å². The summed E-state index contributed by atoms with van der Waals surface area (Å²) in [5.41, 5.74) is 1.58. The minimum Gasteiger partial charge on any atom is -0.345 e. The Hall–Kier alpha value is -2.57. The summed E-state index contributed by atoms with van der Waals surface area (Å²) in [5.74, 6) is 0.0889. The first kappa shape index (κ1) is 17.3. The van der Waals surface area contributed by atoms with E-state index in [0.717, 1.165) is 12.8 Å². The van der Waals surface area contributed by atoms with Crippen LogP contribution in [-0.2, 0) is 9.59 Å². The number of fused-ring (bicyclic) bond motifs is 1. The molecule has 4 N–H and O–H groups in total. The smallest absolute Gasteiger partial charge is 0.323 e. The SMILES string of the molecule is C[C@@H](NC(=O)CC1CCCCC1)C(=O)Nc1ccc2[nH]c(=O)[nH]c2c1. The largest absolute Gasteiger partial charge is 0.345 e. The van der Waals surface area contributed by atoms with Gasteiger partial charge in [0.15, 0.2) is 0 Å². The zero-order valence-corrected chi connectivity index (χ0v) is 14.4. The lowest BCUT2D eigenvalue weighted by Crippen LogP contribution is -2.42. The van der Waals surface area contributed by atoms with Crippen molar-refractivity contribution < 1.29 is 9.59 Å². The van der Waals surface area contributed by atoms with Crippen LogP contribution < -0.4 is 16.3 Å². The Kier molecular flexibility index (Phi) is 5.21. The van der Waals surface area contributed by atoms with Crippen molar-refractivity contribution in [1.82, 2.24) is 15.3 Å². The zero-order valence-electron chi connectivity index (χ0n) is 14.4. The number of imidazole rings is 1. The number of hydrogen-bond acceptors (Lipinski definition) is 3. The van der Waals surface area contributed by atoms with Crippen molar-refractivity contribution in [1.29, 1.82) is 0 Å². The molecular formula is C18H24N4O3. The molecule has 7 heteroatoms. The van der Waals surface area contributed by atoms with Crippen LogP contribution in [0.3, 0.4) is 0 Å². The van der Waals surface area contributed by atoms with Gasteiger partial charge in [-0.3, -0.25) is 9.59 Å². The van der Waals surface area contributed by atoms with Gasteiger partial charge < -0.3 is 20.6 Å². The quantitative estimate of drug-likeness (QED) is 0.668. The van der Waals surface area contributed by atoms with Crippen molar-refractivity contribution in [2.45, 2.75) is 51.5 Å². The third kappa shape index (κ3) is 4.49. The number of benzene rings is 1. The van der Waals surface area contributed by atoms with Crippen LogP contribution in [0.5, 0.6) is 0 Å². The van der Waals surface area contributed by atoms with Gasteiger partial charge in [0.2, 0.25) is 11.8 Å². The Morgan fingerprint density at radius 1 is 1.16 bits per heavy atom. The molecule has 3 rings (SSSR count). The van der Waals surface area contributed by atoms with E-state index in [4.69, 9.17) is 0 Å². The van der Waals surface area contributed by atoms with Gasteiger partial charge in [0.05, 0.1) is 11.0 Å². The van der Waals surface area contributed by atoms with Crippen molar-refractivity contribution in [3.63, 3.8) is 0 Å². The van der Waals surface area contributed by atoms with E-state index in [1.54, 1.807) is 25.1 Å². The first-order valence-corrected chi connectivity index (χ1v) is 8.83. The maximum absolute atomic E-state index is 12.3. The van der Waals surface area contributed by atoms with E-state index in [0.29, 0.717) is 29.1 Å². The monoisotopic (exact) mass is 344 g/mol. The maximum atomic E-state index is 12.3. The normalized spacial score (nSPS) is 16.5. The van der Waals surface area contributed by atoms with Gasteiger partial charge in [-0.2, -0.15) is 0 Å². The highest BCUT2D eigenvalue weighted by molar-refractivity contribution is 5.98. The van der Waals surface area contributed by atoms with Gasteiger partial charge in [0.25, 0.3) is 0 Å². The molecular weight excluding hydrogens is 320 g/mol. The summed E-state index contributed by atoms with van der Waals surface area (Å²) in [6.45, 7) is 1.67.